The number of methoxy groups -OCH3 is 1. The third kappa shape index (κ3) is 4.83. The number of rotatable bonds is 4. The molecule has 0 radical (unpaired) electrons. The molecule has 1 fully saturated rings. The van der Waals surface area contributed by atoms with Crippen LogP contribution in [0.3, 0.4) is 0 Å². The summed E-state index contributed by atoms with van der Waals surface area (Å²) in [5.41, 5.74) is 1.27. The molecule has 0 bridgehead atoms. The van der Waals surface area contributed by atoms with Gasteiger partial charge in [0, 0.05) is 38.1 Å². The average Bonchev–Trinajstić information content (AvgIpc) is 2.77. The van der Waals surface area contributed by atoms with Gasteiger partial charge in [-0.15, -0.1) is 0 Å². The SMILES string of the molecule is COC(=O)c1ccc(CN(C(=O)N2CCN(C(=O)O)CC2)c2ccc(F)cc2)nc1. The minimum Gasteiger partial charge on any atom is -0.465 e. The smallest absolute Gasteiger partial charge is 0.407 e. The van der Waals surface area contributed by atoms with Gasteiger partial charge in [-0.2, -0.15) is 0 Å². The number of carbonyl (C=O) groups is 3. The zero-order chi connectivity index (χ0) is 21.7. The van der Waals surface area contributed by atoms with Crippen LogP contribution in [-0.4, -0.2) is 71.3 Å². The number of anilines is 1. The number of carboxylic acid groups (broad SMARTS) is 1. The Kier molecular flexibility index (Phi) is 6.45. The van der Waals surface area contributed by atoms with Gasteiger partial charge in [-0.25, -0.2) is 18.8 Å². The van der Waals surface area contributed by atoms with Gasteiger partial charge in [0.2, 0.25) is 0 Å². The van der Waals surface area contributed by atoms with Gasteiger partial charge in [0.25, 0.3) is 0 Å². The fourth-order valence-electron chi connectivity index (χ4n) is 3.07. The number of ether oxygens (including phenoxy) is 1. The summed E-state index contributed by atoms with van der Waals surface area (Å²) in [6, 6.07) is 8.31. The average molecular weight is 416 g/mol. The van der Waals surface area contributed by atoms with Crippen LogP contribution in [-0.2, 0) is 11.3 Å². The van der Waals surface area contributed by atoms with Crippen LogP contribution in [0.4, 0.5) is 19.7 Å². The number of pyridine rings is 1. The molecular weight excluding hydrogens is 395 g/mol. The second-order valence-electron chi connectivity index (χ2n) is 6.63. The Morgan fingerprint density at radius 3 is 2.23 bits per heavy atom. The normalized spacial score (nSPS) is 13.7. The molecule has 2 heterocycles. The Hall–Kier alpha value is -3.69. The Bertz CT molecular complexity index is 912. The number of nitrogens with zero attached hydrogens (tertiary/aromatic N) is 4. The van der Waals surface area contributed by atoms with E-state index in [0.29, 0.717) is 11.4 Å². The molecule has 1 saturated heterocycles. The largest absolute Gasteiger partial charge is 0.465 e. The first kappa shape index (κ1) is 21.0. The standard InChI is InChI=1S/C20H21FN4O5/c1-30-18(26)14-2-5-16(22-12-14)13-25(17-6-3-15(21)4-7-17)19(27)23-8-10-24(11-9-23)20(28)29/h2-7,12H,8-11,13H2,1H3,(H,28,29). The highest BCUT2D eigenvalue weighted by Crippen LogP contribution is 2.20. The zero-order valence-electron chi connectivity index (χ0n) is 16.3. The summed E-state index contributed by atoms with van der Waals surface area (Å²) in [7, 11) is 1.27. The summed E-state index contributed by atoms with van der Waals surface area (Å²) in [6.45, 7) is 1.01. The Balaban J connectivity index is 1.80. The number of aromatic nitrogens is 1. The number of piperazine rings is 1. The molecule has 1 aliphatic heterocycles. The van der Waals surface area contributed by atoms with Gasteiger partial charge < -0.3 is 19.6 Å². The fraction of sp³-hybridized carbons (Fsp3) is 0.300. The van der Waals surface area contributed by atoms with Crippen LogP contribution in [0.25, 0.3) is 0 Å². The Morgan fingerprint density at radius 2 is 1.70 bits per heavy atom. The monoisotopic (exact) mass is 416 g/mol. The number of hydrogen-bond donors (Lipinski definition) is 1. The number of amides is 3. The molecule has 158 valence electrons. The van der Waals surface area contributed by atoms with Crippen LogP contribution in [0.1, 0.15) is 16.1 Å². The number of esters is 1. The van der Waals surface area contributed by atoms with Crippen LogP contribution in [0.2, 0.25) is 0 Å². The van der Waals surface area contributed by atoms with E-state index in [0.717, 1.165) is 0 Å². The Labute approximate surface area is 172 Å². The molecule has 3 rings (SSSR count). The highest BCUT2D eigenvalue weighted by Gasteiger charge is 2.28. The third-order valence-corrected chi connectivity index (χ3v) is 4.76. The lowest BCUT2D eigenvalue weighted by Crippen LogP contribution is -2.53. The van der Waals surface area contributed by atoms with Crippen molar-refractivity contribution in [3.05, 3.63) is 59.7 Å². The molecule has 1 N–H and O–H groups in total. The van der Waals surface area contributed by atoms with Crippen molar-refractivity contribution < 1.29 is 28.6 Å². The first-order valence-electron chi connectivity index (χ1n) is 9.22. The fourth-order valence-corrected chi connectivity index (χ4v) is 3.07. The number of benzene rings is 1. The van der Waals surface area contributed by atoms with Crippen LogP contribution in [0.15, 0.2) is 42.6 Å². The molecule has 1 aromatic carbocycles. The summed E-state index contributed by atoms with van der Waals surface area (Å²) in [6.07, 6.45) is 0.340. The number of carbonyl (C=O) groups excluding carboxylic acids is 2. The molecule has 1 aromatic heterocycles. The van der Waals surface area contributed by atoms with Gasteiger partial charge in [0.05, 0.1) is 24.9 Å². The topological polar surface area (TPSA) is 103 Å². The third-order valence-electron chi connectivity index (χ3n) is 4.76. The van der Waals surface area contributed by atoms with Crippen molar-refractivity contribution in [3.63, 3.8) is 0 Å². The maximum Gasteiger partial charge on any atom is 0.407 e. The maximum atomic E-state index is 13.4. The molecular formula is C20H21FN4O5. The van der Waals surface area contributed by atoms with E-state index < -0.39 is 17.9 Å². The van der Waals surface area contributed by atoms with Crippen molar-refractivity contribution in [2.24, 2.45) is 0 Å². The predicted molar refractivity (Wildman–Crippen MR) is 105 cm³/mol. The van der Waals surface area contributed by atoms with Crippen molar-refractivity contribution >= 4 is 23.8 Å². The molecule has 2 aromatic rings. The van der Waals surface area contributed by atoms with Crippen molar-refractivity contribution in [2.45, 2.75) is 6.54 Å². The van der Waals surface area contributed by atoms with E-state index in [1.54, 1.807) is 17.0 Å². The summed E-state index contributed by atoms with van der Waals surface area (Å²) >= 11 is 0. The van der Waals surface area contributed by atoms with Gasteiger partial charge in [-0.3, -0.25) is 9.88 Å². The molecule has 9 nitrogen and oxygen atoms in total. The van der Waals surface area contributed by atoms with Crippen molar-refractivity contribution in [1.29, 1.82) is 0 Å². The summed E-state index contributed by atoms with van der Waals surface area (Å²) < 4.78 is 18.0. The first-order chi connectivity index (χ1) is 14.4. The van der Waals surface area contributed by atoms with E-state index in [1.165, 1.54) is 47.4 Å². The molecule has 0 unspecified atom stereocenters. The highest BCUT2D eigenvalue weighted by atomic mass is 19.1. The van der Waals surface area contributed by atoms with Crippen molar-refractivity contribution in [1.82, 2.24) is 14.8 Å². The van der Waals surface area contributed by atoms with Gasteiger partial charge in [0.1, 0.15) is 5.82 Å². The first-order valence-corrected chi connectivity index (χ1v) is 9.22. The molecule has 30 heavy (non-hydrogen) atoms. The lowest BCUT2D eigenvalue weighted by molar-refractivity contribution is 0.0600. The van der Waals surface area contributed by atoms with E-state index in [9.17, 15) is 18.8 Å². The molecule has 3 amide bonds. The molecule has 0 aliphatic carbocycles. The number of hydrogen-bond acceptors (Lipinski definition) is 5. The second-order valence-corrected chi connectivity index (χ2v) is 6.63. The van der Waals surface area contributed by atoms with Gasteiger partial charge in [0.15, 0.2) is 0 Å². The van der Waals surface area contributed by atoms with E-state index in [2.05, 4.69) is 9.72 Å². The zero-order valence-corrected chi connectivity index (χ0v) is 16.3. The number of halogens is 1. The number of urea groups is 1. The van der Waals surface area contributed by atoms with Gasteiger partial charge in [-0.1, -0.05) is 0 Å². The maximum absolute atomic E-state index is 13.4. The minimum atomic E-state index is -1.02. The lowest BCUT2D eigenvalue weighted by atomic mass is 10.2. The summed E-state index contributed by atoms with van der Waals surface area (Å²) in [5, 5.41) is 9.09. The van der Waals surface area contributed by atoms with Crippen LogP contribution >= 0.6 is 0 Å². The van der Waals surface area contributed by atoms with E-state index in [1.807, 2.05) is 0 Å². The van der Waals surface area contributed by atoms with E-state index in [4.69, 9.17) is 5.11 Å². The summed E-state index contributed by atoms with van der Waals surface area (Å²) in [5.74, 6) is -0.946. The van der Waals surface area contributed by atoms with Gasteiger partial charge in [-0.05, 0) is 36.4 Å². The van der Waals surface area contributed by atoms with Crippen LogP contribution in [0, 0.1) is 5.82 Å². The van der Waals surface area contributed by atoms with Crippen LogP contribution in [0.5, 0.6) is 0 Å². The minimum absolute atomic E-state index is 0.0884. The molecule has 0 atom stereocenters. The summed E-state index contributed by atoms with van der Waals surface area (Å²) in [4.78, 5) is 44.3. The Morgan fingerprint density at radius 1 is 1.07 bits per heavy atom. The van der Waals surface area contributed by atoms with Gasteiger partial charge >= 0.3 is 18.1 Å². The molecule has 0 saturated carbocycles. The molecule has 10 heteroatoms. The highest BCUT2D eigenvalue weighted by molar-refractivity contribution is 5.92. The van der Waals surface area contributed by atoms with Crippen molar-refractivity contribution in [3.8, 4) is 0 Å². The van der Waals surface area contributed by atoms with Crippen LogP contribution < -0.4 is 4.90 Å². The lowest BCUT2D eigenvalue weighted by Gasteiger charge is -2.36. The molecule has 0 spiro atoms. The van der Waals surface area contributed by atoms with Crippen molar-refractivity contribution in [2.75, 3.05) is 38.2 Å². The quantitative estimate of drug-likeness (QED) is 0.768. The van der Waals surface area contributed by atoms with E-state index in [-0.39, 0.29) is 44.3 Å². The van der Waals surface area contributed by atoms with E-state index >= 15 is 0 Å². The predicted octanol–water partition coefficient (Wildman–Crippen LogP) is 2.43. The second kappa shape index (κ2) is 9.21. The molecule has 1 aliphatic rings.